The molecule has 1 aromatic rings. The minimum absolute atomic E-state index is 0.0309. The van der Waals surface area contributed by atoms with Crippen LogP contribution in [0.3, 0.4) is 0 Å². The lowest BCUT2D eigenvalue weighted by atomic mass is 10.1. The highest BCUT2D eigenvalue weighted by molar-refractivity contribution is 7.07. The minimum atomic E-state index is -4.12. The molecule has 0 saturated heterocycles. The molecule has 0 aliphatic carbocycles. The first kappa shape index (κ1) is 14.5. The average Bonchev–Trinajstić information content (AvgIpc) is 2.68. The first-order chi connectivity index (χ1) is 7.90. The number of ether oxygens (including phenoxy) is 1. The zero-order valence-electron chi connectivity index (χ0n) is 9.54. The van der Waals surface area contributed by atoms with Crippen LogP contribution in [0.2, 0.25) is 0 Å². The summed E-state index contributed by atoms with van der Waals surface area (Å²) in [7, 11) is 0. The Morgan fingerprint density at radius 1 is 1.47 bits per heavy atom. The van der Waals surface area contributed by atoms with Gasteiger partial charge < -0.3 is 10.5 Å². The second-order valence-corrected chi connectivity index (χ2v) is 4.71. The largest absolute Gasteiger partial charge is 0.389 e. The van der Waals surface area contributed by atoms with E-state index >= 15 is 0 Å². The van der Waals surface area contributed by atoms with E-state index < -0.39 is 12.6 Å². The Balaban J connectivity index is 2.37. The van der Waals surface area contributed by atoms with E-state index in [4.69, 9.17) is 10.5 Å². The Hall–Kier alpha value is -0.590. The van der Waals surface area contributed by atoms with Gasteiger partial charge in [0.2, 0.25) is 0 Å². The molecule has 0 fully saturated rings. The fourth-order valence-corrected chi connectivity index (χ4v) is 2.16. The third kappa shape index (κ3) is 5.52. The van der Waals surface area contributed by atoms with Crippen LogP contribution < -0.4 is 5.73 Å². The molecular formula is C11H16F3NOS. The molecule has 17 heavy (non-hydrogen) atoms. The summed E-state index contributed by atoms with van der Waals surface area (Å²) in [4.78, 5) is 0. The number of halogens is 3. The standard InChI is InChI=1S/C11H16F3NOS/c1-8(15)10(9-3-6-17-7-9)16-5-2-4-11(12,13)14/h3,6-8,10H,2,4-5,15H2,1H3. The average molecular weight is 267 g/mol. The molecule has 98 valence electrons. The fourth-order valence-electron chi connectivity index (χ4n) is 1.47. The second kappa shape index (κ2) is 6.37. The molecule has 0 saturated carbocycles. The Bertz CT molecular complexity index is 311. The van der Waals surface area contributed by atoms with E-state index in [1.165, 1.54) is 11.3 Å². The molecule has 2 nitrogen and oxygen atoms in total. The summed E-state index contributed by atoms with van der Waals surface area (Å²) in [5.41, 5.74) is 6.68. The molecule has 2 unspecified atom stereocenters. The molecule has 0 bridgehead atoms. The van der Waals surface area contributed by atoms with Gasteiger partial charge in [-0.3, -0.25) is 0 Å². The van der Waals surface area contributed by atoms with Crippen molar-refractivity contribution in [1.82, 2.24) is 0 Å². The van der Waals surface area contributed by atoms with E-state index in [0.29, 0.717) is 0 Å². The molecule has 0 aromatic carbocycles. The van der Waals surface area contributed by atoms with Crippen molar-refractivity contribution in [3.8, 4) is 0 Å². The third-order valence-electron chi connectivity index (χ3n) is 2.25. The van der Waals surface area contributed by atoms with Gasteiger partial charge in [0, 0.05) is 19.1 Å². The molecule has 0 spiro atoms. The predicted octanol–water partition coefficient (Wildman–Crippen LogP) is 3.50. The second-order valence-electron chi connectivity index (χ2n) is 3.93. The number of nitrogens with two attached hydrogens (primary N) is 1. The normalized spacial score (nSPS) is 15.8. The van der Waals surface area contributed by atoms with Crippen molar-refractivity contribution in [3.05, 3.63) is 22.4 Å². The molecule has 0 amide bonds. The molecule has 0 radical (unpaired) electrons. The van der Waals surface area contributed by atoms with Crippen LogP contribution in [0.25, 0.3) is 0 Å². The van der Waals surface area contributed by atoms with Crippen LogP contribution in [0, 0.1) is 0 Å². The van der Waals surface area contributed by atoms with E-state index in [0.717, 1.165) is 5.56 Å². The Morgan fingerprint density at radius 2 is 2.18 bits per heavy atom. The van der Waals surface area contributed by atoms with Crippen LogP contribution >= 0.6 is 11.3 Å². The van der Waals surface area contributed by atoms with E-state index in [1.54, 1.807) is 6.92 Å². The maximum absolute atomic E-state index is 11.9. The zero-order chi connectivity index (χ0) is 12.9. The van der Waals surface area contributed by atoms with Gasteiger partial charge in [0.25, 0.3) is 0 Å². The molecule has 2 N–H and O–H groups in total. The van der Waals surface area contributed by atoms with E-state index in [9.17, 15) is 13.2 Å². The van der Waals surface area contributed by atoms with Crippen LogP contribution in [-0.2, 0) is 4.74 Å². The minimum Gasteiger partial charge on any atom is -0.372 e. The number of alkyl halides is 3. The Labute approximate surface area is 103 Å². The van der Waals surface area contributed by atoms with Crippen molar-refractivity contribution < 1.29 is 17.9 Å². The van der Waals surface area contributed by atoms with Crippen molar-refractivity contribution in [2.24, 2.45) is 5.73 Å². The first-order valence-electron chi connectivity index (χ1n) is 5.36. The van der Waals surface area contributed by atoms with Gasteiger partial charge in [-0.25, -0.2) is 0 Å². The summed E-state index contributed by atoms with van der Waals surface area (Å²) in [6, 6.07) is 1.64. The topological polar surface area (TPSA) is 35.2 Å². The molecule has 6 heteroatoms. The van der Waals surface area contributed by atoms with Crippen molar-refractivity contribution >= 4 is 11.3 Å². The number of hydrogen-bond acceptors (Lipinski definition) is 3. The monoisotopic (exact) mass is 267 g/mol. The lowest BCUT2D eigenvalue weighted by Crippen LogP contribution is -2.27. The number of hydrogen-bond donors (Lipinski definition) is 1. The predicted molar refractivity (Wildman–Crippen MR) is 62.0 cm³/mol. The molecule has 1 heterocycles. The van der Waals surface area contributed by atoms with Gasteiger partial charge in [-0.05, 0) is 35.7 Å². The van der Waals surface area contributed by atoms with Gasteiger partial charge in [-0.2, -0.15) is 24.5 Å². The van der Waals surface area contributed by atoms with E-state index in [-0.39, 0.29) is 25.2 Å². The van der Waals surface area contributed by atoms with Crippen LogP contribution in [0.15, 0.2) is 16.8 Å². The lowest BCUT2D eigenvalue weighted by molar-refractivity contribution is -0.139. The van der Waals surface area contributed by atoms with Crippen LogP contribution in [-0.4, -0.2) is 18.8 Å². The van der Waals surface area contributed by atoms with Gasteiger partial charge in [0.15, 0.2) is 0 Å². The van der Waals surface area contributed by atoms with Gasteiger partial charge in [-0.1, -0.05) is 0 Å². The van der Waals surface area contributed by atoms with Gasteiger partial charge >= 0.3 is 6.18 Å². The highest BCUT2D eigenvalue weighted by Crippen LogP contribution is 2.25. The SMILES string of the molecule is CC(N)C(OCCCC(F)(F)F)c1ccsc1. The van der Waals surface area contributed by atoms with Gasteiger partial charge in [0.1, 0.15) is 0 Å². The van der Waals surface area contributed by atoms with Crippen LogP contribution in [0.4, 0.5) is 13.2 Å². The fraction of sp³-hybridized carbons (Fsp3) is 0.636. The van der Waals surface area contributed by atoms with Crippen LogP contribution in [0.1, 0.15) is 31.4 Å². The van der Waals surface area contributed by atoms with Crippen molar-refractivity contribution in [3.63, 3.8) is 0 Å². The summed E-state index contributed by atoms with van der Waals surface area (Å²) < 4.78 is 41.2. The summed E-state index contributed by atoms with van der Waals surface area (Å²) >= 11 is 1.51. The highest BCUT2D eigenvalue weighted by Gasteiger charge is 2.26. The Morgan fingerprint density at radius 3 is 2.65 bits per heavy atom. The van der Waals surface area contributed by atoms with Gasteiger partial charge in [0.05, 0.1) is 6.10 Å². The quantitative estimate of drug-likeness (QED) is 0.801. The van der Waals surface area contributed by atoms with Crippen molar-refractivity contribution in [2.75, 3.05) is 6.61 Å². The smallest absolute Gasteiger partial charge is 0.372 e. The van der Waals surface area contributed by atoms with Crippen molar-refractivity contribution in [2.45, 2.75) is 38.1 Å². The highest BCUT2D eigenvalue weighted by atomic mass is 32.1. The van der Waals surface area contributed by atoms with Crippen LogP contribution in [0.5, 0.6) is 0 Å². The van der Waals surface area contributed by atoms with E-state index in [1.807, 2.05) is 16.8 Å². The maximum Gasteiger partial charge on any atom is 0.389 e. The molecular weight excluding hydrogens is 251 g/mol. The summed E-state index contributed by atoms with van der Waals surface area (Å²) in [5, 5.41) is 3.79. The maximum atomic E-state index is 11.9. The Kier molecular flexibility index (Phi) is 5.42. The molecule has 1 aromatic heterocycles. The summed E-state index contributed by atoms with van der Waals surface area (Å²) in [5.74, 6) is 0. The summed E-state index contributed by atoms with van der Waals surface area (Å²) in [6.07, 6.45) is -5.29. The molecule has 2 atom stereocenters. The van der Waals surface area contributed by atoms with Crippen molar-refractivity contribution in [1.29, 1.82) is 0 Å². The number of rotatable bonds is 6. The third-order valence-corrected chi connectivity index (χ3v) is 2.95. The first-order valence-corrected chi connectivity index (χ1v) is 6.30. The number of thiophene rings is 1. The molecule has 0 aliphatic heterocycles. The summed E-state index contributed by atoms with van der Waals surface area (Å²) in [6.45, 7) is 1.85. The molecule has 0 aliphatic rings. The van der Waals surface area contributed by atoms with E-state index in [2.05, 4.69) is 0 Å². The zero-order valence-corrected chi connectivity index (χ0v) is 10.4. The lowest BCUT2D eigenvalue weighted by Gasteiger charge is -2.20. The van der Waals surface area contributed by atoms with Gasteiger partial charge in [-0.15, -0.1) is 0 Å². The molecule has 1 rings (SSSR count).